The minimum absolute atomic E-state index is 0.0185. The molecule has 4 heteroatoms. The van der Waals surface area contributed by atoms with Crippen LogP contribution in [-0.2, 0) is 11.5 Å². The summed E-state index contributed by atoms with van der Waals surface area (Å²) >= 11 is 0. The van der Waals surface area contributed by atoms with E-state index in [-0.39, 0.29) is 5.92 Å². The van der Waals surface area contributed by atoms with E-state index < -0.39 is 6.67 Å². The van der Waals surface area contributed by atoms with Crippen molar-refractivity contribution < 1.29 is 18.7 Å². The van der Waals surface area contributed by atoms with Crippen molar-refractivity contribution in [2.75, 3.05) is 14.2 Å². The molecule has 1 atom stereocenters. The number of methoxy groups -OCH3 is 2. The highest BCUT2D eigenvalue weighted by atomic mass is 19.1. The fourth-order valence-corrected chi connectivity index (χ4v) is 1.75. The maximum atomic E-state index is 12.8. The average Bonchev–Trinajstić information content (AvgIpc) is 2.37. The Morgan fingerprint density at radius 3 is 2.41 bits per heavy atom. The fourth-order valence-electron chi connectivity index (χ4n) is 1.75. The number of rotatable bonds is 6. The van der Waals surface area contributed by atoms with Crippen LogP contribution in [0, 0.1) is 0 Å². The van der Waals surface area contributed by atoms with Gasteiger partial charge in [-0.05, 0) is 18.1 Å². The second-order valence-corrected chi connectivity index (χ2v) is 3.84. The molecule has 0 aliphatic heterocycles. The number of hydrogen-bond donors (Lipinski definition) is 0. The maximum absolute atomic E-state index is 12.8. The third-order valence-corrected chi connectivity index (χ3v) is 2.76. The number of carbonyl (C=O) groups is 1. The Kier molecular flexibility index (Phi) is 4.94. The van der Waals surface area contributed by atoms with Gasteiger partial charge in [-0.1, -0.05) is 6.92 Å². The van der Waals surface area contributed by atoms with Crippen molar-refractivity contribution in [3.8, 4) is 11.5 Å². The van der Waals surface area contributed by atoms with E-state index >= 15 is 0 Å². The van der Waals surface area contributed by atoms with Crippen LogP contribution < -0.4 is 9.47 Å². The molecule has 17 heavy (non-hydrogen) atoms. The van der Waals surface area contributed by atoms with Gasteiger partial charge in [0.05, 0.1) is 14.2 Å². The van der Waals surface area contributed by atoms with Crippen molar-refractivity contribution in [3.05, 3.63) is 23.3 Å². The molecule has 0 aliphatic carbocycles. The molecule has 0 saturated heterocycles. The lowest BCUT2D eigenvalue weighted by Gasteiger charge is -2.17. The van der Waals surface area contributed by atoms with Crippen molar-refractivity contribution in [1.82, 2.24) is 0 Å². The van der Waals surface area contributed by atoms with Crippen molar-refractivity contribution in [2.24, 2.45) is 0 Å². The second-order valence-electron chi connectivity index (χ2n) is 3.84. The van der Waals surface area contributed by atoms with Crippen LogP contribution in [0.25, 0.3) is 0 Å². The molecule has 0 bridgehead atoms. The van der Waals surface area contributed by atoms with Crippen molar-refractivity contribution in [3.63, 3.8) is 0 Å². The van der Waals surface area contributed by atoms with Crippen molar-refractivity contribution in [1.29, 1.82) is 0 Å². The standard InChI is InChI=1S/C13H17FO3/c1-9(4-5-15)11-7-12(16-2)10(8-14)6-13(11)17-3/h5-7,9H,4,8H2,1-3H3. The molecule has 1 aromatic rings. The Morgan fingerprint density at radius 2 is 1.94 bits per heavy atom. The lowest BCUT2D eigenvalue weighted by Crippen LogP contribution is -2.01. The summed E-state index contributed by atoms with van der Waals surface area (Å²) in [6, 6.07) is 3.36. The largest absolute Gasteiger partial charge is 0.496 e. The smallest absolute Gasteiger partial charge is 0.125 e. The highest BCUT2D eigenvalue weighted by Gasteiger charge is 2.15. The molecular formula is C13H17FO3. The Morgan fingerprint density at radius 1 is 1.29 bits per heavy atom. The fraction of sp³-hybridized carbons (Fsp3) is 0.462. The van der Waals surface area contributed by atoms with Crippen LogP contribution in [0.2, 0.25) is 0 Å². The van der Waals surface area contributed by atoms with Crippen molar-refractivity contribution >= 4 is 6.29 Å². The highest BCUT2D eigenvalue weighted by molar-refractivity contribution is 5.54. The van der Waals surface area contributed by atoms with Gasteiger partial charge in [0, 0.05) is 17.5 Å². The first-order valence-electron chi connectivity index (χ1n) is 5.42. The van der Waals surface area contributed by atoms with E-state index in [9.17, 15) is 9.18 Å². The normalized spacial score (nSPS) is 12.0. The van der Waals surface area contributed by atoms with E-state index in [0.717, 1.165) is 11.8 Å². The summed E-state index contributed by atoms with van der Waals surface area (Å²) in [6.07, 6.45) is 1.26. The lowest BCUT2D eigenvalue weighted by molar-refractivity contribution is -0.108. The molecular weight excluding hydrogens is 223 g/mol. The first-order valence-corrected chi connectivity index (χ1v) is 5.42. The summed E-state index contributed by atoms with van der Waals surface area (Å²) in [7, 11) is 3.02. The Hall–Kier alpha value is -1.58. The molecule has 0 aromatic heterocycles. The number of carbonyl (C=O) groups excluding carboxylic acids is 1. The van der Waals surface area contributed by atoms with Crippen LogP contribution in [0.3, 0.4) is 0 Å². The minimum Gasteiger partial charge on any atom is -0.496 e. The first-order chi connectivity index (χ1) is 8.17. The molecule has 3 nitrogen and oxygen atoms in total. The van der Waals surface area contributed by atoms with Gasteiger partial charge >= 0.3 is 0 Å². The molecule has 1 unspecified atom stereocenters. The van der Waals surface area contributed by atoms with Gasteiger partial charge in [-0.25, -0.2) is 4.39 Å². The topological polar surface area (TPSA) is 35.5 Å². The number of aldehydes is 1. The number of hydrogen-bond acceptors (Lipinski definition) is 3. The molecule has 0 fully saturated rings. The Bertz CT molecular complexity index is 390. The minimum atomic E-state index is -0.609. The van der Waals surface area contributed by atoms with Crippen molar-refractivity contribution in [2.45, 2.75) is 25.9 Å². The van der Waals surface area contributed by atoms with Gasteiger partial charge in [-0.2, -0.15) is 0 Å². The van der Waals surface area contributed by atoms with Gasteiger partial charge in [0.2, 0.25) is 0 Å². The third-order valence-electron chi connectivity index (χ3n) is 2.76. The van der Waals surface area contributed by atoms with Crippen LogP contribution in [0.4, 0.5) is 4.39 Å². The van der Waals surface area contributed by atoms with Gasteiger partial charge in [0.25, 0.3) is 0 Å². The van der Waals surface area contributed by atoms with E-state index in [1.54, 1.807) is 12.1 Å². The van der Waals surface area contributed by atoms with Crippen LogP contribution in [-0.4, -0.2) is 20.5 Å². The van der Waals surface area contributed by atoms with Crippen LogP contribution in [0.1, 0.15) is 30.4 Å². The summed E-state index contributed by atoms with van der Waals surface area (Å²) in [5.41, 5.74) is 1.31. The molecule has 1 aromatic carbocycles. The number of alkyl halides is 1. The zero-order chi connectivity index (χ0) is 12.8. The van der Waals surface area contributed by atoms with Crippen LogP contribution >= 0.6 is 0 Å². The van der Waals surface area contributed by atoms with E-state index in [2.05, 4.69) is 0 Å². The molecule has 0 heterocycles. The van der Waals surface area contributed by atoms with Gasteiger partial charge in [-0.3, -0.25) is 0 Å². The van der Waals surface area contributed by atoms with E-state index in [0.29, 0.717) is 23.5 Å². The highest BCUT2D eigenvalue weighted by Crippen LogP contribution is 2.35. The predicted molar refractivity (Wildman–Crippen MR) is 63.5 cm³/mol. The molecule has 94 valence electrons. The van der Waals surface area contributed by atoms with Gasteiger partial charge in [-0.15, -0.1) is 0 Å². The Labute approximate surface area is 101 Å². The summed E-state index contributed by atoms with van der Waals surface area (Å²) < 4.78 is 23.1. The van der Waals surface area contributed by atoms with Gasteiger partial charge < -0.3 is 14.3 Å². The summed E-state index contributed by atoms with van der Waals surface area (Å²) in [4.78, 5) is 10.5. The number of halogens is 1. The zero-order valence-electron chi connectivity index (χ0n) is 10.3. The molecule has 1 rings (SSSR count). The van der Waals surface area contributed by atoms with Gasteiger partial charge in [0.1, 0.15) is 24.5 Å². The third kappa shape index (κ3) is 2.96. The molecule has 0 radical (unpaired) electrons. The SMILES string of the molecule is COc1cc(C(C)CC=O)c(OC)cc1CF. The van der Waals surface area contributed by atoms with Crippen LogP contribution in [0.5, 0.6) is 11.5 Å². The first kappa shape index (κ1) is 13.5. The average molecular weight is 240 g/mol. The number of benzene rings is 1. The van der Waals surface area contributed by atoms with Gasteiger partial charge in [0.15, 0.2) is 0 Å². The molecule has 0 N–H and O–H groups in total. The predicted octanol–water partition coefficient (Wildman–Crippen LogP) is 2.87. The zero-order valence-corrected chi connectivity index (χ0v) is 10.3. The summed E-state index contributed by atoms with van der Waals surface area (Å²) in [6.45, 7) is 1.31. The maximum Gasteiger partial charge on any atom is 0.125 e. The lowest BCUT2D eigenvalue weighted by atomic mass is 9.95. The quantitative estimate of drug-likeness (QED) is 0.717. The molecule has 0 amide bonds. The van der Waals surface area contributed by atoms with E-state index in [4.69, 9.17) is 9.47 Å². The molecule has 0 aliphatic rings. The van der Waals surface area contributed by atoms with E-state index in [1.807, 2.05) is 6.92 Å². The second kappa shape index (κ2) is 6.23. The van der Waals surface area contributed by atoms with E-state index in [1.165, 1.54) is 14.2 Å². The molecule has 0 spiro atoms. The van der Waals surface area contributed by atoms with Crippen LogP contribution in [0.15, 0.2) is 12.1 Å². The number of ether oxygens (including phenoxy) is 2. The monoisotopic (exact) mass is 240 g/mol. The summed E-state index contributed by atoms with van der Waals surface area (Å²) in [5.74, 6) is 1.10. The molecule has 0 saturated carbocycles. The summed E-state index contributed by atoms with van der Waals surface area (Å²) in [5, 5.41) is 0. The Balaban J connectivity index is 3.22.